The van der Waals surface area contributed by atoms with Crippen LogP contribution in [0.4, 0.5) is 5.69 Å². The van der Waals surface area contributed by atoms with Crippen LogP contribution in [0.15, 0.2) is 83.7 Å². The number of aromatic nitrogens is 3. The Kier molecular flexibility index (Phi) is 5.53. The molecule has 7 heteroatoms. The molecule has 0 spiro atoms. The molecule has 0 unspecified atom stereocenters. The van der Waals surface area contributed by atoms with E-state index in [1.54, 1.807) is 6.20 Å². The minimum Gasteiger partial charge on any atom is -0.351 e. The zero-order valence-corrected chi connectivity index (χ0v) is 20.1. The van der Waals surface area contributed by atoms with E-state index in [1.165, 1.54) is 5.56 Å². The van der Waals surface area contributed by atoms with Crippen LogP contribution in [0.3, 0.4) is 0 Å². The van der Waals surface area contributed by atoms with Gasteiger partial charge in [0.05, 0.1) is 29.7 Å². The fourth-order valence-corrected chi connectivity index (χ4v) is 5.13. The van der Waals surface area contributed by atoms with Gasteiger partial charge in [0, 0.05) is 33.9 Å². The van der Waals surface area contributed by atoms with Gasteiger partial charge in [0.1, 0.15) is 0 Å². The predicted octanol–water partition coefficient (Wildman–Crippen LogP) is 5.82. The summed E-state index contributed by atoms with van der Waals surface area (Å²) in [5.41, 5.74) is 6.57. The molecule has 1 fully saturated rings. The molecule has 0 aliphatic carbocycles. The summed E-state index contributed by atoms with van der Waals surface area (Å²) in [4.78, 5) is 11.2. The second kappa shape index (κ2) is 8.48. The predicted molar refractivity (Wildman–Crippen MR) is 135 cm³/mol. The van der Waals surface area contributed by atoms with E-state index in [-0.39, 0.29) is 12.1 Å². The summed E-state index contributed by atoms with van der Waals surface area (Å²) >= 11 is 9.39. The van der Waals surface area contributed by atoms with Crippen LogP contribution in [0.25, 0.3) is 5.69 Å². The molecule has 0 bridgehead atoms. The lowest BCUT2D eigenvalue weighted by Crippen LogP contribution is -2.29. The Bertz CT molecular complexity index is 1260. The van der Waals surface area contributed by atoms with Gasteiger partial charge in [-0.2, -0.15) is 0 Å². The van der Waals surface area contributed by atoms with Crippen molar-refractivity contribution in [1.29, 1.82) is 0 Å². The number of thiocarbonyl (C=S) groups is 1. The molecular weight excluding hydrogens is 482 g/mol. The van der Waals surface area contributed by atoms with Gasteiger partial charge in [0.2, 0.25) is 0 Å². The maximum atomic E-state index is 5.84. The van der Waals surface area contributed by atoms with Gasteiger partial charge in [-0.3, -0.25) is 9.97 Å². The average molecular weight is 504 g/mol. The molecule has 4 heterocycles. The Morgan fingerprint density at radius 3 is 2.47 bits per heavy atom. The van der Waals surface area contributed by atoms with E-state index in [4.69, 9.17) is 12.2 Å². The topological polar surface area (TPSA) is 46.0 Å². The lowest BCUT2D eigenvalue weighted by Gasteiger charge is -2.28. The summed E-state index contributed by atoms with van der Waals surface area (Å²) in [6, 6.07) is 20.5. The normalized spacial score (nSPS) is 18.1. The molecule has 3 aromatic heterocycles. The van der Waals surface area contributed by atoms with Crippen molar-refractivity contribution >= 4 is 38.9 Å². The molecule has 0 radical (unpaired) electrons. The van der Waals surface area contributed by atoms with Crippen molar-refractivity contribution in [2.75, 3.05) is 4.90 Å². The van der Waals surface area contributed by atoms with Crippen molar-refractivity contribution in [3.63, 3.8) is 0 Å². The van der Waals surface area contributed by atoms with Gasteiger partial charge in [-0.15, -0.1) is 0 Å². The molecule has 5 nitrogen and oxygen atoms in total. The first-order valence-electron chi connectivity index (χ1n) is 10.4. The first-order chi connectivity index (χ1) is 15.5. The first-order valence-corrected chi connectivity index (χ1v) is 11.6. The number of aryl methyl sites for hydroxylation is 1. The van der Waals surface area contributed by atoms with E-state index in [9.17, 15) is 0 Å². The van der Waals surface area contributed by atoms with Crippen LogP contribution in [-0.4, -0.2) is 19.6 Å². The molecule has 160 valence electrons. The monoisotopic (exact) mass is 503 g/mol. The van der Waals surface area contributed by atoms with Crippen LogP contribution in [0.2, 0.25) is 0 Å². The number of halogens is 1. The number of hydrogen-bond donors (Lipinski definition) is 1. The van der Waals surface area contributed by atoms with Gasteiger partial charge in [0.15, 0.2) is 5.11 Å². The number of pyridine rings is 2. The van der Waals surface area contributed by atoms with Crippen LogP contribution < -0.4 is 10.2 Å². The third-order valence-electron chi connectivity index (χ3n) is 5.90. The van der Waals surface area contributed by atoms with Gasteiger partial charge in [-0.05, 0) is 86.2 Å². The van der Waals surface area contributed by atoms with Gasteiger partial charge in [0.25, 0.3) is 0 Å². The second-order valence-corrected chi connectivity index (χ2v) is 9.15. The van der Waals surface area contributed by atoms with Crippen LogP contribution in [0.1, 0.15) is 34.7 Å². The Balaban J connectivity index is 1.68. The van der Waals surface area contributed by atoms with Gasteiger partial charge in [-0.25, -0.2) is 0 Å². The van der Waals surface area contributed by atoms with Crippen LogP contribution >= 0.6 is 28.1 Å². The molecule has 1 N–H and O–H groups in total. The number of rotatable bonds is 4. The maximum Gasteiger partial charge on any atom is 0.174 e. The third kappa shape index (κ3) is 3.61. The molecule has 0 saturated carbocycles. The standard InChI is InChI=1S/C25H22BrN5S/c1-16-14-21(17(2)30(16)20-6-5-12-27-15-20)24-23(22-7-3-4-13-28-22)29-25(32)31(24)19-10-8-18(26)9-11-19/h3-15,23-24H,1-2H3,(H,29,32)/t23-,24-/m0/s1. The van der Waals surface area contributed by atoms with Crippen molar-refractivity contribution in [2.24, 2.45) is 0 Å². The molecule has 1 saturated heterocycles. The molecule has 4 aromatic rings. The zero-order chi connectivity index (χ0) is 22.2. The van der Waals surface area contributed by atoms with E-state index in [1.807, 2.05) is 42.7 Å². The molecule has 1 aliphatic rings. The summed E-state index contributed by atoms with van der Waals surface area (Å²) in [5, 5.41) is 4.23. The van der Waals surface area contributed by atoms with Crippen LogP contribution in [0, 0.1) is 13.8 Å². The Morgan fingerprint density at radius 2 is 1.78 bits per heavy atom. The summed E-state index contributed by atoms with van der Waals surface area (Å²) in [7, 11) is 0. The smallest absolute Gasteiger partial charge is 0.174 e. The van der Waals surface area contributed by atoms with Gasteiger partial charge < -0.3 is 14.8 Å². The highest BCUT2D eigenvalue weighted by atomic mass is 79.9. The van der Waals surface area contributed by atoms with Crippen LogP contribution in [-0.2, 0) is 0 Å². The molecule has 0 amide bonds. The van der Waals surface area contributed by atoms with E-state index in [2.05, 4.69) is 84.9 Å². The van der Waals surface area contributed by atoms with Gasteiger partial charge in [-0.1, -0.05) is 22.0 Å². The zero-order valence-electron chi connectivity index (χ0n) is 17.7. The van der Waals surface area contributed by atoms with Crippen molar-refractivity contribution in [2.45, 2.75) is 25.9 Å². The van der Waals surface area contributed by atoms with Crippen molar-refractivity contribution in [1.82, 2.24) is 19.9 Å². The largest absolute Gasteiger partial charge is 0.351 e. The Hall–Kier alpha value is -3.03. The van der Waals surface area contributed by atoms with Crippen LogP contribution in [0.5, 0.6) is 0 Å². The van der Waals surface area contributed by atoms with Crippen molar-refractivity contribution in [3.05, 3.63) is 106 Å². The maximum absolute atomic E-state index is 5.84. The molecule has 1 aromatic carbocycles. The highest BCUT2D eigenvalue weighted by Gasteiger charge is 2.42. The molecule has 5 rings (SSSR count). The molecular formula is C25H22BrN5S. The first kappa shape index (κ1) is 20.8. The average Bonchev–Trinajstić information content (AvgIpc) is 3.31. The number of nitrogens with zero attached hydrogens (tertiary/aromatic N) is 4. The summed E-state index contributed by atoms with van der Waals surface area (Å²) in [5.74, 6) is 0. The molecule has 1 aliphatic heterocycles. The van der Waals surface area contributed by atoms with Crippen molar-refractivity contribution < 1.29 is 0 Å². The summed E-state index contributed by atoms with van der Waals surface area (Å²) in [6.45, 7) is 4.29. The van der Waals surface area contributed by atoms with Gasteiger partial charge >= 0.3 is 0 Å². The fourth-order valence-electron chi connectivity index (χ4n) is 4.52. The lowest BCUT2D eigenvalue weighted by molar-refractivity contribution is 0.565. The third-order valence-corrected chi connectivity index (χ3v) is 6.74. The van der Waals surface area contributed by atoms with E-state index < -0.39 is 0 Å². The minimum atomic E-state index is -0.0739. The van der Waals surface area contributed by atoms with E-state index in [0.29, 0.717) is 5.11 Å². The summed E-state index contributed by atoms with van der Waals surface area (Å²) in [6.07, 6.45) is 5.52. The number of hydrogen-bond acceptors (Lipinski definition) is 3. The Labute approximate surface area is 201 Å². The number of benzene rings is 1. The summed E-state index contributed by atoms with van der Waals surface area (Å²) < 4.78 is 3.28. The minimum absolute atomic E-state index is 0.0461. The van der Waals surface area contributed by atoms with E-state index in [0.717, 1.165) is 32.9 Å². The highest BCUT2D eigenvalue weighted by Crippen LogP contribution is 2.43. The SMILES string of the molecule is Cc1cc([C@H]2[C@H](c3ccccn3)NC(=S)N2c2ccc(Br)cc2)c(C)n1-c1cccnc1. The lowest BCUT2D eigenvalue weighted by atomic mass is 9.96. The Morgan fingerprint density at radius 1 is 0.969 bits per heavy atom. The number of nitrogens with one attached hydrogen (secondary N) is 1. The molecule has 32 heavy (non-hydrogen) atoms. The van der Waals surface area contributed by atoms with E-state index >= 15 is 0 Å². The fraction of sp³-hybridized carbons (Fsp3) is 0.160. The second-order valence-electron chi connectivity index (χ2n) is 7.85. The highest BCUT2D eigenvalue weighted by molar-refractivity contribution is 9.10. The van der Waals surface area contributed by atoms with Crippen molar-refractivity contribution in [3.8, 4) is 5.69 Å². The number of anilines is 1. The molecule has 2 atom stereocenters. The quantitative estimate of drug-likeness (QED) is 0.355.